The maximum absolute atomic E-state index is 12.6. The molecule has 0 amide bonds. The molecule has 1 rings (SSSR count). The zero-order valence-corrected chi connectivity index (χ0v) is 10.8. The Bertz CT molecular complexity index is 258. The first kappa shape index (κ1) is 12.9. The van der Waals surface area contributed by atoms with E-state index in [9.17, 15) is 4.39 Å². The third kappa shape index (κ3) is 6.10. The molecule has 0 saturated carbocycles. The minimum Gasteiger partial charge on any atom is -0.377 e. The molecule has 3 heteroatoms. The predicted molar refractivity (Wildman–Crippen MR) is 69.9 cm³/mol. The summed E-state index contributed by atoms with van der Waals surface area (Å²) in [6.07, 6.45) is 11.0. The smallest absolute Gasteiger partial charge is 0.118 e. The first-order valence-electron chi connectivity index (χ1n) is 5.17. The van der Waals surface area contributed by atoms with Gasteiger partial charge in [-0.3, -0.25) is 0 Å². The SMILES string of the molecule is FC1=CCC(/C=C/COCCCI)C=C1. The molecule has 0 aliphatic heterocycles. The van der Waals surface area contributed by atoms with Gasteiger partial charge < -0.3 is 4.74 Å². The normalized spacial score (nSPS) is 20.9. The molecular formula is C12H16FIO. The molecule has 0 heterocycles. The molecule has 1 nitrogen and oxygen atoms in total. The van der Waals surface area contributed by atoms with Gasteiger partial charge in [-0.25, -0.2) is 4.39 Å². The van der Waals surface area contributed by atoms with Crippen LogP contribution in [-0.2, 0) is 4.74 Å². The third-order valence-electron chi connectivity index (χ3n) is 2.11. The topological polar surface area (TPSA) is 9.23 Å². The standard InChI is InChI=1S/C12H16FIO/c13-12-6-4-11(5-7-12)3-1-9-15-10-2-8-14/h1,3-4,6-7,11H,2,5,8-10H2/b3-1+. The molecule has 0 aromatic rings. The summed E-state index contributed by atoms with van der Waals surface area (Å²) in [6.45, 7) is 1.48. The maximum Gasteiger partial charge on any atom is 0.118 e. The zero-order valence-electron chi connectivity index (χ0n) is 8.66. The minimum absolute atomic E-state index is 0.127. The molecule has 0 saturated heterocycles. The molecule has 0 radical (unpaired) electrons. The van der Waals surface area contributed by atoms with Crippen molar-refractivity contribution in [2.75, 3.05) is 17.6 Å². The average Bonchev–Trinajstić information content (AvgIpc) is 2.26. The summed E-state index contributed by atoms with van der Waals surface area (Å²) < 4.78 is 19.1. The van der Waals surface area contributed by atoms with Crippen molar-refractivity contribution in [1.29, 1.82) is 0 Å². The fourth-order valence-corrected chi connectivity index (χ4v) is 1.60. The van der Waals surface area contributed by atoms with Crippen LogP contribution < -0.4 is 0 Å². The van der Waals surface area contributed by atoms with Gasteiger partial charge in [-0.15, -0.1) is 0 Å². The second-order valence-electron chi connectivity index (χ2n) is 3.39. The number of rotatable bonds is 6. The Morgan fingerprint density at radius 3 is 3.13 bits per heavy atom. The molecule has 1 atom stereocenters. The highest BCUT2D eigenvalue weighted by atomic mass is 127. The van der Waals surface area contributed by atoms with E-state index in [2.05, 4.69) is 28.7 Å². The van der Waals surface area contributed by atoms with E-state index in [1.54, 1.807) is 6.08 Å². The number of hydrogen-bond acceptors (Lipinski definition) is 1. The van der Waals surface area contributed by atoms with Gasteiger partial charge >= 0.3 is 0 Å². The zero-order chi connectivity index (χ0) is 10.9. The minimum atomic E-state index is -0.127. The molecule has 15 heavy (non-hydrogen) atoms. The Labute approximate surface area is 104 Å². The molecule has 0 N–H and O–H groups in total. The van der Waals surface area contributed by atoms with Gasteiger partial charge in [-0.1, -0.05) is 40.8 Å². The van der Waals surface area contributed by atoms with Crippen LogP contribution in [0.2, 0.25) is 0 Å². The molecule has 1 aliphatic carbocycles. The molecule has 84 valence electrons. The monoisotopic (exact) mass is 322 g/mol. The van der Waals surface area contributed by atoms with Crippen molar-refractivity contribution in [3.8, 4) is 0 Å². The van der Waals surface area contributed by atoms with Crippen LogP contribution in [0.25, 0.3) is 0 Å². The Balaban J connectivity index is 2.09. The number of alkyl halides is 1. The molecule has 0 bridgehead atoms. The van der Waals surface area contributed by atoms with E-state index in [4.69, 9.17) is 4.74 Å². The lowest BCUT2D eigenvalue weighted by molar-refractivity contribution is 0.164. The summed E-state index contributed by atoms with van der Waals surface area (Å²) in [7, 11) is 0. The quantitative estimate of drug-likeness (QED) is 0.313. The summed E-state index contributed by atoms with van der Waals surface area (Å²) in [6, 6.07) is 0. The molecule has 0 aromatic heterocycles. The van der Waals surface area contributed by atoms with Crippen LogP contribution in [0.5, 0.6) is 0 Å². The Morgan fingerprint density at radius 2 is 2.47 bits per heavy atom. The van der Waals surface area contributed by atoms with Crippen LogP contribution in [0, 0.1) is 5.92 Å². The molecular weight excluding hydrogens is 306 g/mol. The number of hydrogen-bond donors (Lipinski definition) is 0. The van der Waals surface area contributed by atoms with Crippen molar-refractivity contribution in [3.05, 3.63) is 36.2 Å². The molecule has 0 spiro atoms. The largest absolute Gasteiger partial charge is 0.377 e. The first-order valence-corrected chi connectivity index (χ1v) is 6.69. The highest BCUT2D eigenvalue weighted by molar-refractivity contribution is 14.1. The Kier molecular flexibility index (Phi) is 6.92. The fourth-order valence-electron chi connectivity index (χ4n) is 1.29. The van der Waals surface area contributed by atoms with E-state index in [1.807, 2.05) is 12.2 Å². The van der Waals surface area contributed by atoms with Gasteiger partial charge in [-0.2, -0.15) is 0 Å². The number of ether oxygens (including phenoxy) is 1. The van der Waals surface area contributed by atoms with E-state index < -0.39 is 0 Å². The van der Waals surface area contributed by atoms with Crippen molar-refractivity contribution < 1.29 is 9.13 Å². The van der Waals surface area contributed by atoms with Crippen molar-refractivity contribution in [2.45, 2.75) is 12.8 Å². The molecule has 0 aromatic carbocycles. The molecule has 0 fully saturated rings. The van der Waals surface area contributed by atoms with Gasteiger partial charge in [0.15, 0.2) is 0 Å². The van der Waals surface area contributed by atoms with Crippen molar-refractivity contribution in [3.63, 3.8) is 0 Å². The van der Waals surface area contributed by atoms with Gasteiger partial charge in [0.1, 0.15) is 5.83 Å². The Hall–Kier alpha value is -0.160. The summed E-state index contributed by atoms with van der Waals surface area (Å²) in [5.41, 5.74) is 0. The maximum atomic E-state index is 12.6. The van der Waals surface area contributed by atoms with Crippen LogP contribution in [0.15, 0.2) is 36.2 Å². The highest BCUT2D eigenvalue weighted by Gasteiger charge is 2.03. The summed E-state index contributed by atoms with van der Waals surface area (Å²) in [4.78, 5) is 0. The fraction of sp³-hybridized carbons (Fsp3) is 0.500. The van der Waals surface area contributed by atoms with Gasteiger partial charge in [0, 0.05) is 11.0 Å². The van der Waals surface area contributed by atoms with Crippen molar-refractivity contribution >= 4 is 22.6 Å². The summed E-state index contributed by atoms with van der Waals surface area (Å²) >= 11 is 2.34. The van der Waals surface area contributed by atoms with E-state index in [0.29, 0.717) is 12.5 Å². The van der Waals surface area contributed by atoms with Crippen LogP contribution in [0.3, 0.4) is 0 Å². The van der Waals surface area contributed by atoms with Crippen LogP contribution in [0.1, 0.15) is 12.8 Å². The number of allylic oxidation sites excluding steroid dienone is 5. The first-order chi connectivity index (χ1) is 7.33. The van der Waals surface area contributed by atoms with Crippen LogP contribution in [0.4, 0.5) is 4.39 Å². The van der Waals surface area contributed by atoms with Gasteiger partial charge in [0.25, 0.3) is 0 Å². The number of halogens is 2. The third-order valence-corrected chi connectivity index (χ3v) is 2.87. The van der Waals surface area contributed by atoms with Crippen molar-refractivity contribution in [1.82, 2.24) is 0 Å². The van der Waals surface area contributed by atoms with Crippen LogP contribution in [-0.4, -0.2) is 17.6 Å². The van der Waals surface area contributed by atoms with E-state index in [-0.39, 0.29) is 5.83 Å². The van der Waals surface area contributed by atoms with Crippen molar-refractivity contribution in [2.24, 2.45) is 5.92 Å². The van der Waals surface area contributed by atoms with Gasteiger partial charge in [-0.05, 0) is 30.9 Å². The highest BCUT2D eigenvalue weighted by Crippen LogP contribution is 2.17. The average molecular weight is 322 g/mol. The lowest BCUT2D eigenvalue weighted by Crippen LogP contribution is -1.97. The van der Waals surface area contributed by atoms with E-state index >= 15 is 0 Å². The van der Waals surface area contributed by atoms with E-state index in [1.165, 1.54) is 6.08 Å². The molecule has 1 unspecified atom stereocenters. The molecule has 1 aliphatic rings. The lowest BCUT2D eigenvalue weighted by atomic mass is 10.0. The predicted octanol–water partition coefficient (Wildman–Crippen LogP) is 3.81. The van der Waals surface area contributed by atoms with Crippen LogP contribution >= 0.6 is 22.6 Å². The lowest BCUT2D eigenvalue weighted by Gasteiger charge is -2.08. The van der Waals surface area contributed by atoms with E-state index in [0.717, 1.165) is 23.9 Å². The van der Waals surface area contributed by atoms with Gasteiger partial charge in [0.2, 0.25) is 0 Å². The second kappa shape index (κ2) is 8.05. The van der Waals surface area contributed by atoms with Gasteiger partial charge in [0.05, 0.1) is 6.61 Å². The summed E-state index contributed by atoms with van der Waals surface area (Å²) in [5, 5.41) is 0. The Morgan fingerprint density at radius 1 is 1.60 bits per heavy atom. The summed E-state index contributed by atoms with van der Waals surface area (Å²) in [5.74, 6) is 0.204. The second-order valence-corrected chi connectivity index (χ2v) is 4.47.